The molecule has 0 spiro atoms. The summed E-state index contributed by atoms with van der Waals surface area (Å²) in [6.07, 6.45) is 1.66. The smallest absolute Gasteiger partial charge is 0.271 e. The number of benzene rings is 2. The number of aromatic hydroxyl groups is 1. The van der Waals surface area contributed by atoms with Crippen LogP contribution >= 0.6 is 46.0 Å². The number of rotatable bonds is 5. The second-order valence-electron chi connectivity index (χ2n) is 5.66. The van der Waals surface area contributed by atoms with Crippen molar-refractivity contribution in [3.63, 3.8) is 0 Å². The molecule has 2 N–H and O–H groups in total. The summed E-state index contributed by atoms with van der Waals surface area (Å²) in [5.41, 5.74) is 0.844. The number of non-ortho nitro benzene ring substituents is 1. The maximum Gasteiger partial charge on any atom is 0.271 e. The van der Waals surface area contributed by atoms with E-state index in [2.05, 4.69) is 10.3 Å². The molecule has 1 aliphatic rings. The topological polar surface area (TPSA) is 114 Å². The van der Waals surface area contributed by atoms with E-state index in [1.807, 2.05) is 29.5 Å². The largest absolute Gasteiger partial charge is 0.504 e. The maximum atomic E-state index is 12.3. The molecule has 2 aromatic carbocycles. The van der Waals surface area contributed by atoms with Crippen LogP contribution in [0.15, 0.2) is 40.2 Å². The van der Waals surface area contributed by atoms with Crippen molar-refractivity contribution >= 4 is 74.5 Å². The van der Waals surface area contributed by atoms with Crippen LogP contribution in [-0.4, -0.2) is 27.7 Å². The van der Waals surface area contributed by atoms with Gasteiger partial charge in [0.2, 0.25) is 0 Å². The summed E-state index contributed by atoms with van der Waals surface area (Å²) in [6, 6.07) is 7.27. The van der Waals surface area contributed by atoms with E-state index in [1.54, 1.807) is 18.2 Å². The van der Waals surface area contributed by atoms with Crippen molar-refractivity contribution in [3.05, 3.63) is 59.5 Å². The first-order chi connectivity index (χ1) is 13.8. The number of hydrogen-bond acceptors (Lipinski definition) is 7. The predicted octanol–water partition coefficient (Wildman–Crippen LogP) is 4.85. The summed E-state index contributed by atoms with van der Waals surface area (Å²) in [5, 5.41) is 23.9. The number of amidine groups is 1. The number of hydrogen-bond donors (Lipinski definition) is 2. The summed E-state index contributed by atoms with van der Waals surface area (Å²) in [4.78, 5) is 27.2. The molecule has 0 radical (unpaired) electrons. The fourth-order valence-corrected chi connectivity index (χ4v) is 4.06. The van der Waals surface area contributed by atoms with E-state index in [9.17, 15) is 20.0 Å². The number of aliphatic imine (C=N–C) groups is 1. The van der Waals surface area contributed by atoms with E-state index < -0.39 is 4.92 Å². The molecule has 1 amide bonds. The zero-order valence-electron chi connectivity index (χ0n) is 14.8. The van der Waals surface area contributed by atoms with E-state index in [-0.39, 0.29) is 22.4 Å². The summed E-state index contributed by atoms with van der Waals surface area (Å²) < 4.78 is 6.00. The summed E-state index contributed by atoms with van der Waals surface area (Å²) in [5.74, 6) is 0.0437. The Morgan fingerprint density at radius 1 is 1.41 bits per heavy atom. The predicted molar refractivity (Wildman–Crippen MR) is 121 cm³/mol. The third-order valence-electron chi connectivity index (χ3n) is 3.66. The van der Waals surface area contributed by atoms with Gasteiger partial charge < -0.3 is 15.2 Å². The average molecular weight is 546 g/mol. The van der Waals surface area contributed by atoms with Crippen LogP contribution in [0.25, 0.3) is 6.08 Å². The quantitative estimate of drug-likeness (QED) is 0.240. The van der Waals surface area contributed by atoms with E-state index in [0.29, 0.717) is 37.3 Å². The highest BCUT2D eigenvalue weighted by molar-refractivity contribution is 14.1. The molecule has 0 atom stereocenters. The van der Waals surface area contributed by atoms with Gasteiger partial charge in [-0.1, -0.05) is 11.6 Å². The van der Waals surface area contributed by atoms with Crippen LogP contribution in [-0.2, 0) is 4.79 Å². The summed E-state index contributed by atoms with van der Waals surface area (Å²) in [7, 11) is 0. The zero-order valence-corrected chi connectivity index (χ0v) is 18.5. The molecular weight excluding hydrogens is 533 g/mol. The number of amides is 1. The third kappa shape index (κ3) is 5.00. The van der Waals surface area contributed by atoms with Crippen molar-refractivity contribution in [2.75, 3.05) is 6.61 Å². The molecule has 1 heterocycles. The minimum atomic E-state index is -0.550. The highest BCUT2D eigenvalue weighted by Gasteiger charge is 2.24. The van der Waals surface area contributed by atoms with Crippen molar-refractivity contribution in [1.82, 2.24) is 5.32 Å². The molecule has 3 rings (SSSR count). The normalized spacial score (nSPS) is 16.3. The molecular formula is C18H13ClIN3O5S. The molecule has 0 unspecified atom stereocenters. The standard InChI is InChI=1S/C18H13ClIN3O5S/c1-2-28-14-6-9(5-12(20)16(14)24)7-15-17(25)22-18(29-15)21-13-4-3-10(23(26)27)8-11(13)19/h3-8,24H,2H2,1H3,(H,21,22,25)/b15-7+. The second kappa shape index (κ2) is 9.01. The number of nitrogens with one attached hydrogen (secondary N) is 1. The zero-order chi connectivity index (χ0) is 21.1. The fourth-order valence-electron chi connectivity index (χ4n) is 2.38. The van der Waals surface area contributed by atoms with Crippen LogP contribution in [0.1, 0.15) is 12.5 Å². The number of carbonyl (C=O) groups excluding carboxylic acids is 1. The molecule has 0 bridgehead atoms. The molecule has 11 heteroatoms. The van der Waals surface area contributed by atoms with E-state index in [0.717, 1.165) is 11.8 Å². The van der Waals surface area contributed by atoms with Gasteiger partial charge >= 0.3 is 0 Å². The van der Waals surface area contributed by atoms with Crippen LogP contribution in [0.2, 0.25) is 5.02 Å². The lowest BCUT2D eigenvalue weighted by Crippen LogP contribution is -2.19. The van der Waals surface area contributed by atoms with Gasteiger partial charge in [0, 0.05) is 12.1 Å². The van der Waals surface area contributed by atoms with Gasteiger partial charge in [0.25, 0.3) is 11.6 Å². The molecule has 1 saturated heterocycles. The number of nitro benzene ring substituents is 1. The van der Waals surface area contributed by atoms with Crippen LogP contribution < -0.4 is 10.1 Å². The van der Waals surface area contributed by atoms with Gasteiger partial charge in [-0.05, 0) is 71.1 Å². The molecule has 29 heavy (non-hydrogen) atoms. The minimum absolute atomic E-state index is 0.0493. The van der Waals surface area contributed by atoms with Gasteiger partial charge in [-0.3, -0.25) is 14.9 Å². The molecule has 1 fully saturated rings. The number of halogens is 2. The lowest BCUT2D eigenvalue weighted by atomic mass is 10.2. The Kier molecular flexibility index (Phi) is 6.65. The van der Waals surface area contributed by atoms with E-state index in [1.165, 1.54) is 18.2 Å². The Hall–Kier alpha value is -2.31. The molecule has 2 aromatic rings. The van der Waals surface area contributed by atoms with Crippen LogP contribution in [0, 0.1) is 13.7 Å². The van der Waals surface area contributed by atoms with Crippen molar-refractivity contribution in [3.8, 4) is 11.5 Å². The molecule has 0 saturated carbocycles. The summed E-state index contributed by atoms with van der Waals surface area (Å²) >= 11 is 9.14. The summed E-state index contributed by atoms with van der Waals surface area (Å²) in [6.45, 7) is 2.20. The van der Waals surface area contributed by atoms with Crippen LogP contribution in [0.3, 0.4) is 0 Å². The average Bonchev–Trinajstić information content (AvgIpc) is 3.00. The van der Waals surface area contributed by atoms with Gasteiger partial charge in [-0.25, -0.2) is 4.99 Å². The Labute approximate surface area is 188 Å². The van der Waals surface area contributed by atoms with Gasteiger partial charge in [-0.2, -0.15) is 0 Å². The number of carbonyl (C=O) groups is 1. The minimum Gasteiger partial charge on any atom is -0.504 e. The molecule has 0 aromatic heterocycles. The number of ether oxygens (including phenoxy) is 1. The first kappa shape index (κ1) is 21.4. The highest BCUT2D eigenvalue weighted by atomic mass is 127. The van der Waals surface area contributed by atoms with Gasteiger partial charge in [0.15, 0.2) is 16.7 Å². The molecule has 150 valence electrons. The fraction of sp³-hybridized carbons (Fsp3) is 0.111. The van der Waals surface area contributed by atoms with Crippen molar-refractivity contribution in [2.24, 2.45) is 4.99 Å². The number of phenols is 1. The van der Waals surface area contributed by atoms with E-state index >= 15 is 0 Å². The van der Waals surface area contributed by atoms with Gasteiger partial charge in [-0.15, -0.1) is 0 Å². The number of nitrogens with zero attached hydrogens (tertiary/aromatic N) is 2. The molecule has 1 aliphatic heterocycles. The van der Waals surface area contributed by atoms with Gasteiger partial charge in [0.05, 0.1) is 30.7 Å². The highest BCUT2D eigenvalue weighted by Crippen LogP contribution is 2.36. The van der Waals surface area contributed by atoms with Crippen molar-refractivity contribution in [1.29, 1.82) is 0 Å². The first-order valence-electron chi connectivity index (χ1n) is 8.17. The van der Waals surface area contributed by atoms with Crippen molar-refractivity contribution < 1.29 is 19.6 Å². The Bertz CT molecular complexity index is 1070. The molecule has 0 aliphatic carbocycles. The van der Waals surface area contributed by atoms with Crippen molar-refractivity contribution in [2.45, 2.75) is 6.92 Å². The maximum absolute atomic E-state index is 12.3. The third-order valence-corrected chi connectivity index (χ3v) is 5.70. The SMILES string of the molecule is CCOc1cc(/C=C2/SC(=Nc3ccc([N+](=O)[O-])cc3Cl)NC2=O)cc(I)c1O. The van der Waals surface area contributed by atoms with E-state index in [4.69, 9.17) is 16.3 Å². The second-order valence-corrected chi connectivity index (χ2v) is 8.26. The Morgan fingerprint density at radius 2 is 2.17 bits per heavy atom. The number of phenolic OH excluding ortho intramolecular Hbond substituents is 1. The van der Waals surface area contributed by atoms with Crippen LogP contribution in [0.5, 0.6) is 11.5 Å². The lowest BCUT2D eigenvalue weighted by molar-refractivity contribution is -0.384. The Balaban J connectivity index is 1.87. The number of thioether (sulfide) groups is 1. The van der Waals surface area contributed by atoms with Crippen LogP contribution in [0.4, 0.5) is 11.4 Å². The molecule has 8 nitrogen and oxygen atoms in total. The number of nitro groups is 1. The monoisotopic (exact) mass is 545 g/mol. The van der Waals surface area contributed by atoms with Gasteiger partial charge in [0.1, 0.15) is 0 Å². The first-order valence-corrected chi connectivity index (χ1v) is 10.4. The Morgan fingerprint density at radius 3 is 2.83 bits per heavy atom. The lowest BCUT2D eigenvalue weighted by Gasteiger charge is -2.08.